The number of fused-ring (bicyclic) bond motifs is 1. The van der Waals surface area contributed by atoms with E-state index in [9.17, 15) is 4.79 Å². The highest BCUT2D eigenvalue weighted by molar-refractivity contribution is 5.82. The molecule has 1 aromatic heterocycles. The van der Waals surface area contributed by atoms with Crippen molar-refractivity contribution in [3.05, 3.63) is 24.0 Å². The lowest BCUT2D eigenvalue weighted by Crippen LogP contribution is -2.10. The van der Waals surface area contributed by atoms with E-state index in [1.165, 1.54) is 0 Å². The highest BCUT2D eigenvalue weighted by Gasteiger charge is 2.10. The number of aliphatic carboxylic acids is 1. The van der Waals surface area contributed by atoms with Crippen molar-refractivity contribution in [2.75, 3.05) is 19.0 Å². The van der Waals surface area contributed by atoms with Gasteiger partial charge in [0.15, 0.2) is 0 Å². The molecule has 0 aliphatic carbocycles. The Bertz CT molecular complexity index is 572. The summed E-state index contributed by atoms with van der Waals surface area (Å²) in [5.74, 6) is -0.137. The first-order valence-corrected chi connectivity index (χ1v) is 5.35. The number of hydrogen-bond acceptors (Lipinski definition) is 3. The van der Waals surface area contributed by atoms with E-state index in [-0.39, 0.29) is 6.54 Å². The summed E-state index contributed by atoms with van der Waals surface area (Å²) in [7, 11) is 3.92. The first-order valence-electron chi connectivity index (χ1n) is 5.35. The predicted octanol–water partition coefficient (Wildman–Crippen LogP) is 1.50. The van der Waals surface area contributed by atoms with Crippen molar-refractivity contribution in [3.8, 4) is 0 Å². The van der Waals surface area contributed by atoms with Crippen LogP contribution in [0.25, 0.3) is 11.0 Å². The quantitative estimate of drug-likeness (QED) is 0.872. The van der Waals surface area contributed by atoms with Gasteiger partial charge in [0.2, 0.25) is 0 Å². The fourth-order valence-corrected chi connectivity index (χ4v) is 1.85. The van der Waals surface area contributed by atoms with Crippen LogP contribution in [0.3, 0.4) is 0 Å². The van der Waals surface area contributed by atoms with E-state index in [2.05, 4.69) is 4.98 Å². The number of carbonyl (C=O) groups is 1. The Morgan fingerprint density at radius 2 is 2.18 bits per heavy atom. The zero-order valence-corrected chi connectivity index (χ0v) is 10.1. The van der Waals surface area contributed by atoms with Crippen molar-refractivity contribution in [3.63, 3.8) is 0 Å². The van der Waals surface area contributed by atoms with E-state index >= 15 is 0 Å². The first-order chi connectivity index (χ1) is 7.99. The van der Waals surface area contributed by atoms with Gasteiger partial charge in [0.25, 0.3) is 0 Å². The molecule has 0 unspecified atom stereocenters. The predicted molar refractivity (Wildman–Crippen MR) is 66.4 cm³/mol. The van der Waals surface area contributed by atoms with Crippen LogP contribution in [0, 0.1) is 6.92 Å². The van der Waals surface area contributed by atoms with Crippen molar-refractivity contribution in [1.82, 2.24) is 9.55 Å². The van der Waals surface area contributed by atoms with Gasteiger partial charge in [-0.2, -0.15) is 0 Å². The maximum Gasteiger partial charge on any atom is 0.323 e. The van der Waals surface area contributed by atoms with Gasteiger partial charge >= 0.3 is 5.97 Å². The van der Waals surface area contributed by atoms with Crippen LogP contribution < -0.4 is 4.90 Å². The average Bonchev–Trinajstić information content (AvgIpc) is 2.54. The van der Waals surface area contributed by atoms with E-state index in [1.807, 2.05) is 44.1 Å². The minimum Gasteiger partial charge on any atom is -0.480 e. The van der Waals surface area contributed by atoms with Gasteiger partial charge in [-0.05, 0) is 25.1 Å². The number of carboxylic acid groups (broad SMARTS) is 1. The van der Waals surface area contributed by atoms with Gasteiger partial charge in [0.05, 0.1) is 11.0 Å². The molecule has 2 rings (SSSR count). The number of anilines is 1. The normalized spacial score (nSPS) is 10.8. The van der Waals surface area contributed by atoms with Gasteiger partial charge in [-0.1, -0.05) is 0 Å². The van der Waals surface area contributed by atoms with E-state index in [0.717, 1.165) is 22.5 Å². The maximum absolute atomic E-state index is 10.8. The molecule has 1 heterocycles. The van der Waals surface area contributed by atoms with Crippen LogP contribution in [0.5, 0.6) is 0 Å². The number of nitrogens with zero attached hydrogens (tertiary/aromatic N) is 3. The highest BCUT2D eigenvalue weighted by atomic mass is 16.4. The van der Waals surface area contributed by atoms with Crippen LogP contribution in [0.4, 0.5) is 5.69 Å². The third-order valence-corrected chi connectivity index (χ3v) is 2.73. The van der Waals surface area contributed by atoms with Crippen molar-refractivity contribution in [2.45, 2.75) is 13.5 Å². The maximum atomic E-state index is 10.8. The molecule has 5 heteroatoms. The number of hydrogen-bond donors (Lipinski definition) is 1. The van der Waals surface area contributed by atoms with Gasteiger partial charge < -0.3 is 14.6 Å². The van der Waals surface area contributed by atoms with Crippen LogP contribution in [0.2, 0.25) is 0 Å². The van der Waals surface area contributed by atoms with Crippen molar-refractivity contribution < 1.29 is 9.90 Å². The monoisotopic (exact) mass is 233 g/mol. The molecule has 1 N–H and O–H groups in total. The molecule has 5 nitrogen and oxygen atoms in total. The fraction of sp³-hybridized carbons (Fsp3) is 0.333. The third-order valence-electron chi connectivity index (χ3n) is 2.73. The van der Waals surface area contributed by atoms with Gasteiger partial charge in [-0.3, -0.25) is 4.79 Å². The van der Waals surface area contributed by atoms with Crippen molar-refractivity contribution in [2.24, 2.45) is 0 Å². The first kappa shape index (κ1) is 11.4. The average molecular weight is 233 g/mol. The molecule has 2 aromatic rings. The molecule has 0 radical (unpaired) electrons. The molecular weight excluding hydrogens is 218 g/mol. The Kier molecular flexibility index (Phi) is 2.75. The minimum atomic E-state index is -0.857. The van der Waals surface area contributed by atoms with Gasteiger partial charge in [0, 0.05) is 19.8 Å². The zero-order valence-electron chi connectivity index (χ0n) is 10.1. The lowest BCUT2D eigenvalue weighted by molar-refractivity contribution is -0.137. The molecule has 1 aromatic carbocycles. The highest BCUT2D eigenvalue weighted by Crippen LogP contribution is 2.21. The summed E-state index contributed by atoms with van der Waals surface area (Å²) in [4.78, 5) is 17.2. The summed E-state index contributed by atoms with van der Waals surface area (Å²) in [6.07, 6.45) is 0. The Hall–Kier alpha value is -2.04. The standard InChI is InChI=1S/C12H15N3O2/c1-8-13-10-6-9(14(2)3)4-5-11(10)15(8)7-12(16)17/h4-6H,7H2,1-3H3,(H,16,17). The van der Waals surface area contributed by atoms with Gasteiger partial charge in [-0.25, -0.2) is 4.98 Å². The summed E-state index contributed by atoms with van der Waals surface area (Å²) in [5, 5.41) is 8.86. The minimum absolute atomic E-state index is 0.0519. The van der Waals surface area contributed by atoms with E-state index in [0.29, 0.717) is 0 Å². The molecule has 0 saturated heterocycles. The second kappa shape index (κ2) is 4.08. The molecule has 0 fully saturated rings. The number of aromatic nitrogens is 2. The Labute approximate surface area is 99.3 Å². The lowest BCUT2D eigenvalue weighted by Gasteiger charge is -2.11. The second-order valence-corrected chi connectivity index (χ2v) is 4.21. The third kappa shape index (κ3) is 2.08. The lowest BCUT2D eigenvalue weighted by atomic mass is 10.2. The molecule has 0 bridgehead atoms. The van der Waals surface area contributed by atoms with Gasteiger partial charge in [-0.15, -0.1) is 0 Å². The summed E-state index contributed by atoms with van der Waals surface area (Å²) < 4.78 is 1.71. The smallest absolute Gasteiger partial charge is 0.323 e. The number of carboxylic acids is 1. The second-order valence-electron chi connectivity index (χ2n) is 4.21. The number of benzene rings is 1. The molecule has 17 heavy (non-hydrogen) atoms. The molecule has 90 valence electrons. The summed E-state index contributed by atoms with van der Waals surface area (Å²) in [5.41, 5.74) is 2.74. The van der Waals surface area contributed by atoms with Crippen molar-refractivity contribution in [1.29, 1.82) is 0 Å². The number of aryl methyl sites for hydroxylation is 1. The molecule has 0 aliphatic rings. The number of rotatable bonds is 3. The van der Waals surface area contributed by atoms with E-state index in [4.69, 9.17) is 5.11 Å². The molecule has 0 atom stereocenters. The number of imidazole rings is 1. The van der Waals surface area contributed by atoms with Crippen LogP contribution in [-0.2, 0) is 11.3 Å². The molecule has 0 spiro atoms. The molecule has 0 aliphatic heterocycles. The fourth-order valence-electron chi connectivity index (χ4n) is 1.85. The van der Waals surface area contributed by atoms with Gasteiger partial charge in [0.1, 0.15) is 12.4 Å². The van der Waals surface area contributed by atoms with Crippen molar-refractivity contribution >= 4 is 22.7 Å². The SMILES string of the molecule is Cc1nc2cc(N(C)C)ccc2n1CC(=O)O. The van der Waals surface area contributed by atoms with E-state index in [1.54, 1.807) is 4.57 Å². The summed E-state index contributed by atoms with van der Waals surface area (Å²) >= 11 is 0. The van der Waals surface area contributed by atoms with Crippen LogP contribution >= 0.6 is 0 Å². The van der Waals surface area contributed by atoms with Crippen LogP contribution in [-0.4, -0.2) is 34.7 Å². The Balaban J connectivity index is 2.56. The van der Waals surface area contributed by atoms with Crippen LogP contribution in [0.15, 0.2) is 18.2 Å². The molecule has 0 saturated carbocycles. The summed E-state index contributed by atoms with van der Waals surface area (Å²) in [6, 6.07) is 5.83. The Morgan fingerprint density at radius 3 is 2.76 bits per heavy atom. The molecule has 0 amide bonds. The van der Waals surface area contributed by atoms with Crippen LogP contribution in [0.1, 0.15) is 5.82 Å². The van der Waals surface area contributed by atoms with E-state index < -0.39 is 5.97 Å². The molecular formula is C12H15N3O2. The topological polar surface area (TPSA) is 58.4 Å². The zero-order chi connectivity index (χ0) is 12.6. The largest absolute Gasteiger partial charge is 0.480 e. The Morgan fingerprint density at radius 1 is 1.47 bits per heavy atom. The summed E-state index contributed by atoms with van der Waals surface area (Å²) in [6.45, 7) is 1.77.